The minimum absolute atomic E-state index is 0.0429. The van der Waals surface area contributed by atoms with Gasteiger partial charge >= 0.3 is 6.09 Å². The summed E-state index contributed by atoms with van der Waals surface area (Å²) in [6.45, 7) is 6.90. The number of nitrogens with zero attached hydrogens (tertiary/aromatic N) is 3. The summed E-state index contributed by atoms with van der Waals surface area (Å²) < 4.78 is 12.2. The van der Waals surface area contributed by atoms with E-state index in [1.165, 1.54) is 0 Å². The van der Waals surface area contributed by atoms with Gasteiger partial charge in [0, 0.05) is 43.3 Å². The van der Waals surface area contributed by atoms with E-state index in [1.807, 2.05) is 63.2 Å². The van der Waals surface area contributed by atoms with Crippen LogP contribution in [-0.4, -0.2) is 45.3 Å². The maximum atomic E-state index is 12.5. The molecule has 1 N–H and O–H groups in total. The third-order valence-corrected chi connectivity index (χ3v) is 6.38. The fraction of sp³-hybridized carbons (Fsp3) is 0.423. The number of rotatable bonds is 2. The molecule has 172 valence electrons. The minimum atomic E-state index is -0.498. The van der Waals surface area contributed by atoms with Gasteiger partial charge < -0.3 is 19.7 Å². The van der Waals surface area contributed by atoms with Crippen molar-refractivity contribution in [1.29, 1.82) is 0 Å². The number of anilines is 1. The van der Waals surface area contributed by atoms with Gasteiger partial charge in [0.15, 0.2) is 0 Å². The maximum absolute atomic E-state index is 12.5. The number of amides is 1. The van der Waals surface area contributed by atoms with Crippen LogP contribution in [0.2, 0.25) is 0 Å². The Labute approximate surface area is 194 Å². The second kappa shape index (κ2) is 8.21. The quantitative estimate of drug-likeness (QED) is 0.573. The summed E-state index contributed by atoms with van der Waals surface area (Å²) in [7, 11) is 0. The molecule has 1 aromatic heterocycles. The molecule has 33 heavy (non-hydrogen) atoms. The Kier molecular flexibility index (Phi) is 5.35. The number of nitrogens with one attached hydrogen (secondary N) is 1. The molecule has 0 aliphatic carbocycles. The monoisotopic (exact) mass is 446 g/mol. The molecule has 0 bridgehead atoms. The highest BCUT2D eigenvalue weighted by Gasteiger charge is 2.44. The lowest BCUT2D eigenvalue weighted by molar-refractivity contribution is -0.0308. The number of carbonyl (C=O) groups excluding carboxylic acids is 1. The number of fused-ring (bicyclic) bond motifs is 2. The number of benzene rings is 2. The third-order valence-electron chi connectivity index (χ3n) is 6.38. The van der Waals surface area contributed by atoms with Crippen LogP contribution >= 0.6 is 0 Å². The number of ether oxygens (including phenoxy) is 2. The van der Waals surface area contributed by atoms with Crippen LogP contribution in [0.1, 0.15) is 51.6 Å². The molecule has 1 saturated heterocycles. The molecule has 1 fully saturated rings. The highest BCUT2D eigenvalue weighted by atomic mass is 16.6. The van der Waals surface area contributed by atoms with Gasteiger partial charge in [-0.15, -0.1) is 0 Å². The van der Waals surface area contributed by atoms with Gasteiger partial charge in [0.2, 0.25) is 0 Å². The standard InChI is InChI=1S/C26H30N4O3/c1-25(2,3)33-24(31)30-14-12-26(13-15-30)16-21(18-8-5-7-11-22(18)32-26)29-23-19-9-4-6-10-20(19)27-17-28-23/h4-11,17,21H,12-16H2,1-3H3,(H,27,28,29). The summed E-state index contributed by atoms with van der Waals surface area (Å²) in [6, 6.07) is 16.2. The molecule has 1 spiro atoms. The zero-order chi connectivity index (χ0) is 23.1. The van der Waals surface area contributed by atoms with Crippen molar-refractivity contribution < 1.29 is 14.3 Å². The van der Waals surface area contributed by atoms with Gasteiger partial charge in [0.25, 0.3) is 0 Å². The lowest BCUT2D eigenvalue weighted by Crippen LogP contribution is -2.53. The zero-order valence-electron chi connectivity index (χ0n) is 19.4. The summed E-state index contributed by atoms with van der Waals surface area (Å²) in [5, 5.41) is 4.68. The maximum Gasteiger partial charge on any atom is 0.410 e. The molecule has 7 heteroatoms. The van der Waals surface area contributed by atoms with Crippen LogP contribution in [0.5, 0.6) is 5.75 Å². The Balaban J connectivity index is 1.38. The predicted octanol–water partition coefficient (Wildman–Crippen LogP) is 5.34. The second-order valence-electron chi connectivity index (χ2n) is 9.93. The smallest absolute Gasteiger partial charge is 0.410 e. The molecule has 1 unspecified atom stereocenters. The normalized spacial score (nSPS) is 19.6. The zero-order valence-corrected chi connectivity index (χ0v) is 19.4. The van der Waals surface area contributed by atoms with Crippen molar-refractivity contribution in [3.05, 3.63) is 60.4 Å². The van der Waals surface area contributed by atoms with E-state index in [1.54, 1.807) is 11.2 Å². The number of piperidine rings is 1. The van der Waals surface area contributed by atoms with E-state index in [4.69, 9.17) is 9.47 Å². The van der Waals surface area contributed by atoms with E-state index in [-0.39, 0.29) is 17.7 Å². The molecular formula is C26H30N4O3. The highest BCUT2D eigenvalue weighted by molar-refractivity contribution is 5.88. The van der Waals surface area contributed by atoms with Crippen LogP contribution in [0.15, 0.2) is 54.9 Å². The topological polar surface area (TPSA) is 76.6 Å². The Hall–Kier alpha value is -3.35. The number of likely N-dealkylation sites (tertiary alicyclic amines) is 1. The van der Waals surface area contributed by atoms with Crippen molar-refractivity contribution in [2.75, 3.05) is 18.4 Å². The molecule has 0 radical (unpaired) electrons. The number of aromatic nitrogens is 2. The van der Waals surface area contributed by atoms with E-state index in [0.717, 1.165) is 47.3 Å². The van der Waals surface area contributed by atoms with Gasteiger partial charge in [-0.3, -0.25) is 0 Å². The SMILES string of the molecule is CC(C)(C)OC(=O)N1CCC2(CC1)CC(Nc1ncnc3ccccc13)c1ccccc1O2. The summed E-state index contributed by atoms with van der Waals surface area (Å²) in [6.07, 6.45) is 3.65. The summed E-state index contributed by atoms with van der Waals surface area (Å²) in [5.74, 6) is 1.72. The van der Waals surface area contributed by atoms with Crippen LogP contribution in [0, 0.1) is 0 Å². The summed E-state index contributed by atoms with van der Waals surface area (Å²) in [5.41, 5.74) is 1.20. The largest absolute Gasteiger partial charge is 0.487 e. The van der Waals surface area contributed by atoms with Crippen molar-refractivity contribution in [2.45, 2.75) is 57.3 Å². The second-order valence-corrected chi connectivity index (χ2v) is 9.93. The average molecular weight is 447 g/mol. The van der Waals surface area contributed by atoms with Gasteiger partial charge in [0.1, 0.15) is 29.1 Å². The molecular weight excluding hydrogens is 416 g/mol. The molecule has 2 aromatic carbocycles. The minimum Gasteiger partial charge on any atom is -0.487 e. The van der Waals surface area contributed by atoms with Crippen molar-refractivity contribution in [2.24, 2.45) is 0 Å². The van der Waals surface area contributed by atoms with E-state index in [9.17, 15) is 4.79 Å². The highest BCUT2D eigenvalue weighted by Crippen LogP contribution is 2.45. The number of hydrogen-bond acceptors (Lipinski definition) is 6. The van der Waals surface area contributed by atoms with Crippen molar-refractivity contribution in [3.63, 3.8) is 0 Å². The Bertz CT molecular complexity index is 1160. The summed E-state index contributed by atoms with van der Waals surface area (Å²) >= 11 is 0. The van der Waals surface area contributed by atoms with Gasteiger partial charge in [-0.1, -0.05) is 30.3 Å². The first-order chi connectivity index (χ1) is 15.8. The molecule has 7 nitrogen and oxygen atoms in total. The first kappa shape index (κ1) is 21.5. The fourth-order valence-corrected chi connectivity index (χ4v) is 4.76. The Morgan fingerprint density at radius 2 is 1.82 bits per heavy atom. The number of hydrogen-bond donors (Lipinski definition) is 1. The van der Waals surface area contributed by atoms with Crippen LogP contribution in [0.25, 0.3) is 10.9 Å². The van der Waals surface area contributed by atoms with Gasteiger partial charge in [-0.2, -0.15) is 0 Å². The first-order valence-corrected chi connectivity index (χ1v) is 11.5. The molecule has 2 aliphatic rings. The average Bonchev–Trinajstić information content (AvgIpc) is 2.79. The number of para-hydroxylation sites is 2. The Morgan fingerprint density at radius 3 is 2.61 bits per heavy atom. The fourth-order valence-electron chi connectivity index (χ4n) is 4.76. The molecule has 1 amide bonds. The van der Waals surface area contributed by atoms with E-state index < -0.39 is 5.60 Å². The summed E-state index contributed by atoms with van der Waals surface area (Å²) in [4.78, 5) is 23.3. The predicted molar refractivity (Wildman–Crippen MR) is 127 cm³/mol. The Morgan fingerprint density at radius 1 is 1.09 bits per heavy atom. The van der Waals surface area contributed by atoms with Crippen molar-refractivity contribution in [1.82, 2.24) is 14.9 Å². The lowest BCUT2D eigenvalue weighted by Gasteiger charge is -2.47. The van der Waals surface area contributed by atoms with Crippen LogP contribution in [0.4, 0.5) is 10.6 Å². The van der Waals surface area contributed by atoms with Crippen LogP contribution < -0.4 is 10.1 Å². The number of carbonyl (C=O) groups is 1. The molecule has 5 rings (SSSR count). The van der Waals surface area contributed by atoms with Gasteiger partial charge in [0.05, 0.1) is 11.6 Å². The molecule has 3 heterocycles. The molecule has 3 aromatic rings. The molecule has 1 atom stereocenters. The van der Waals surface area contributed by atoms with Crippen LogP contribution in [-0.2, 0) is 4.74 Å². The first-order valence-electron chi connectivity index (χ1n) is 11.5. The van der Waals surface area contributed by atoms with E-state index >= 15 is 0 Å². The molecule has 0 saturated carbocycles. The van der Waals surface area contributed by atoms with Gasteiger partial charge in [-0.25, -0.2) is 14.8 Å². The van der Waals surface area contributed by atoms with Crippen molar-refractivity contribution in [3.8, 4) is 5.75 Å². The lowest BCUT2D eigenvalue weighted by atomic mass is 9.80. The van der Waals surface area contributed by atoms with Crippen molar-refractivity contribution >= 4 is 22.8 Å². The van der Waals surface area contributed by atoms with E-state index in [2.05, 4.69) is 21.4 Å². The van der Waals surface area contributed by atoms with E-state index in [0.29, 0.717) is 13.1 Å². The molecule has 2 aliphatic heterocycles. The van der Waals surface area contributed by atoms with Gasteiger partial charge in [-0.05, 0) is 39.0 Å². The third kappa shape index (κ3) is 4.45. The van der Waals surface area contributed by atoms with Crippen LogP contribution in [0.3, 0.4) is 0 Å².